The number of piperidine rings is 1. The lowest BCUT2D eigenvalue weighted by Crippen LogP contribution is -2.38. The predicted molar refractivity (Wildman–Crippen MR) is 169 cm³/mol. The molecular weight excluding hydrogens is 607 g/mol. The van der Waals surface area contributed by atoms with Crippen molar-refractivity contribution in [2.75, 3.05) is 18.4 Å². The van der Waals surface area contributed by atoms with Gasteiger partial charge in [0, 0.05) is 49.2 Å². The minimum atomic E-state index is -4.30. The molecule has 0 bridgehead atoms. The van der Waals surface area contributed by atoms with E-state index in [9.17, 15) is 8.42 Å². The largest absolute Gasteiger partial charge is 0.437 e. The maximum Gasteiger partial charge on any atom is 0.228 e. The number of aromatic nitrogens is 5. The van der Waals surface area contributed by atoms with Gasteiger partial charge in [0.1, 0.15) is 16.8 Å². The third-order valence-corrected chi connectivity index (χ3v) is 8.60. The van der Waals surface area contributed by atoms with Gasteiger partial charge in [-0.2, -0.15) is 5.10 Å². The van der Waals surface area contributed by atoms with Gasteiger partial charge in [0.25, 0.3) is 0 Å². The fourth-order valence-corrected chi connectivity index (χ4v) is 6.47. The number of halogens is 2. The highest BCUT2D eigenvalue weighted by molar-refractivity contribution is 7.89. The Labute approximate surface area is 260 Å². The van der Waals surface area contributed by atoms with E-state index in [1.165, 1.54) is 16.8 Å². The van der Waals surface area contributed by atoms with Crippen LogP contribution in [0.4, 0.5) is 10.3 Å². The quantitative estimate of drug-likeness (QED) is 0.221. The summed E-state index contributed by atoms with van der Waals surface area (Å²) in [5.74, 6) is 0.458. The molecule has 0 spiro atoms. The van der Waals surface area contributed by atoms with Gasteiger partial charge < -0.3 is 15.4 Å². The van der Waals surface area contributed by atoms with Crippen molar-refractivity contribution in [3.63, 3.8) is 0 Å². The average molecular weight is 639 g/mol. The van der Waals surface area contributed by atoms with Crippen molar-refractivity contribution in [1.82, 2.24) is 30.0 Å². The highest BCUT2D eigenvalue weighted by atomic mass is 35.5. The predicted octanol–water partition coefficient (Wildman–Crippen LogP) is 4.63. The monoisotopic (exact) mass is 638 g/mol. The van der Waals surface area contributed by atoms with Crippen LogP contribution in [0.1, 0.15) is 34.9 Å². The van der Waals surface area contributed by atoms with Gasteiger partial charge in [-0.15, -0.1) is 12.4 Å². The second-order valence-electron chi connectivity index (χ2n) is 10.6. The number of aryl methyl sites for hydroxylation is 2. The van der Waals surface area contributed by atoms with Gasteiger partial charge in [0.2, 0.25) is 21.9 Å². The van der Waals surface area contributed by atoms with E-state index in [4.69, 9.17) is 14.9 Å². The first-order valence-corrected chi connectivity index (χ1v) is 15.5. The smallest absolute Gasteiger partial charge is 0.228 e. The number of nitrogens with one attached hydrogen (secondary N) is 2. The van der Waals surface area contributed by atoms with Crippen LogP contribution in [0.25, 0.3) is 22.0 Å². The second-order valence-corrected chi connectivity index (χ2v) is 12.2. The molecule has 1 fully saturated rings. The SMILES string of the molecule is Cc1ccc2c(C(c3ccn(C)n3)S(N)(=O)=O)c(F)ccc2c1Oc1ncccc1-c1ccnc(N[C@H]2CCCNC2)n1.Cl. The lowest BCUT2D eigenvalue weighted by Gasteiger charge is -2.23. The molecule has 0 radical (unpaired) electrons. The van der Waals surface area contributed by atoms with Gasteiger partial charge in [0.05, 0.1) is 17.0 Å². The van der Waals surface area contributed by atoms with Crippen molar-refractivity contribution in [2.45, 2.75) is 31.1 Å². The van der Waals surface area contributed by atoms with E-state index < -0.39 is 21.1 Å². The first-order valence-electron chi connectivity index (χ1n) is 13.9. The number of anilines is 1. The van der Waals surface area contributed by atoms with Gasteiger partial charge in [-0.3, -0.25) is 4.68 Å². The van der Waals surface area contributed by atoms with Gasteiger partial charge >= 0.3 is 0 Å². The standard InChI is InChI=1S/C30H31FN8O3S.ClH/c1-18-7-8-20-21(9-10-23(31)26(20)28(43(32,40)41)25-12-16-39(2)38-25)27(18)42-29-22(6-4-14-34-29)24-11-15-35-30(37-24)36-19-5-3-13-33-17-19;/h4,6-12,14-16,19,28,33H,3,5,13,17H2,1-2H3,(H2,32,40,41)(H,35,36,37);1H/t19-,28?;/m0./s1. The highest BCUT2D eigenvalue weighted by Crippen LogP contribution is 2.41. The molecule has 0 saturated carbocycles. The minimum Gasteiger partial charge on any atom is -0.437 e. The Morgan fingerprint density at radius 3 is 2.66 bits per heavy atom. The van der Waals surface area contributed by atoms with Crippen LogP contribution in [-0.2, 0) is 17.1 Å². The number of rotatable bonds is 8. The van der Waals surface area contributed by atoms with Crippen molar-refractivity contribution in [1.29, 1.82) is 0 Å². The molecule has 0 aliphatic carbocycles. The molecule has 4 heterocycles. The molecule has 3 aromatic heterocycles. The molecule has 230 valence electrons. The number of pyridine rings is 1. The van der Waals surface area contributed by atoms with Crippen molar-refractivity contribution >= 4 is 39.2 Å². The van der Waals surface area contributed by atoms with Crippen LogP contribution in [-0.4, -0.2) is 52.3 Å². The number of hydrogen-bond acceptors (Lipinski definition) is 9. The molecular formula is C30H32ClFN8O3S. The molecule has 2 atom stereocenters. The first-order chi connectivity index (χ1) is 20.7. The zero-order chi connectivity index (χ0) is 30.1. The number of nitrogens with zero attached hydrogens (tertiary/aromatic N) is 5. The van der Waals surface area contributed by atoms with Gasteiger partial charge in [0.15, 0.2) is 0 Å². The number of ether oxygens (including phenoxy) is 1. The van der Waals surface area contributed by atoms with Crippen LogP contribution in [0.15, 0.2) is 67.1 Å². The molecule has 1 aliphatic rings. The molecule has 6 rings (SSSR count). The summed E-state index contributed by atoms with van der Waals surface area (Å²) in [5, 5.41) is 16.0. The summed E-state index contributed by atoms with van der Waals surface area (Å²) in [5.41, 5.74) is 1.99. The molecule has 1 aliphatic heterocycles. The average Bonchev–Trinajstić information content (AvgIpc) is 3.41. The molecule has 0 amide bonds. The fourth-order valence-electron chi connectivity index (χ4n) is 5.44. The number of sulfonamides is 1. The lowest BCUT2D eigenvalue weighted by molar-refractivity contribution is 0.466. The fraction of sp³-hybridized carbons (Fsp3) is 0.267. The summed E-state index contributed by atoms with van der Waals surface area (Å²) < 4.78 is 49.1. The Hall–Kier alpha value is -4.17. The maximum atomic E-state index is 15.5. The topological polar surface area (TPSA) is 150 Å². The van der Waals surface area contributed by atoms with E-state index in [2.05, 4.69) is 25.7 Å². The van der Waals surface area contributed by atoms with Crippen LogP contribution in [0, 0.1) is 12.7 Å². The Bertz CT molecular complexity index is 1910. The summed E-state index contributed by atoms with van der Waals surface area (Å²) in [6.07, 6.45) is 6.97. The van der Waals surface area contributed by atoms with Gasteiger partial charge in [-0.05, 0) is 73.7 Å². The van der Waals surface area contributed by atoms with Crippen LogP contribution in [0.5, 0.6) is 11.6 Å². The molecule has 44 heavy (non-hydrogen) atoms. The molecule has 2 aromatic carbocycles. The highest BCUT2D eigenvalue weighted by Gasteiger charge is 2.33. The van der Waals surface area contributed by atoms with Crippen molar-refractivity contribution in [3.05, 3.63) is 89.8 Å². The summed E-state index contributed by atoms with van der Waals surface area (Å²) >= 11 is 0. The molecule has 1 saturated heterocycles. The minimum absolute atomic E-state index is 0. The number of benzene rings is 2. The summed E-state index contributed by atoms with van der Waals surface area (Å²) in [4.78, 5) is 13.6. The number of fused-ring (bicyclic) bond motifs is 1. The molecule has 4 N–H and O–H groups in total. The van der Waals surface area contributed by atoms with Gasteiger partial charge in [-0.25, -0.2) is 32.9 Å². The Morgan fingerprint density at radius 1 is 1.11 bits per heavy atom. The first kappa shape index (κ1) is 31.3. The third kappa shape index (κ3) is 6.36. The van der Waals surface area contributed by atoms with E-state index in [1.54, 1.807) is 56.0 Å². The van der Waals surface area contributed by atoms with E-state index >= 15 is 4.39 Å². The number of nitrogens with two attached hydrogens (primary N) is 1. The van der Waals surface area contributed by atoms with Crippen molar-refractivity contribution in [2.24, 2.45) is 12.2 Å². The van der Waals surface area contributed by atoms with E-state index in [1.807, 2.05) is 13.0 Å². The summed E-state index contributed by atoms with van der Waals surface area (Å²) in [6.45, 7) is 3.69. The van der Waals surface area contributed by atoms with Crippen LogP contribution >= 0.6 is 12.4 Å². The number of hydrogen-bond donors (Lipinski definition) is 3. The summed E-state index contributed by atoms with van der Waals surface area (Å²) in [6, 6.07) is 13.3. The van der Waals surface area contributed by atoms with Crippen LogP contribution < -0.4 is 20.5 Å². The second kappa shape index (κ2) is 12.8. The third-order valence-electron chi connectivity index (χ3n) is 7.46. The van der Waals surface area contributed by atoms with E-state index in [-0.39, 0.29) is 35.6 Å². The van der Waals surface area contributed by atoms with Crippen LogP contribution in [0.2, 0.25) is 0 Å². The molecule has 1 unspecified atom stereocenters. The molecule has 5 aromatic rings. The molecule has 11 nitrogen and oxygen atoms in total. The Balaban J connectivity index is 0.00000384. The van der Waals surface area contributed by atoms with E-state index in [0.29, 0.717) is 33.7 Å². The maximum absolute atomic E-state index is 15.5. The van der Waals surface area contributed by atoms with Crippen LogP contribution in [0.3, 0.4) is 0 Å². The Kier molecular flexibility index (Phi) is 9.11. The van der Waals surface area contributed by atoms with Crippen molar-refractivity contribution < 1.29 is 17.5 Å². The summed E-state index contributed by atoms with van der Waals surface area (Å²) in [7, 11) is -2.66. The van der Waals surface area contributed by atoms with Crippen molar-refractivity contribution in [3.8, 4) is 22.9 Å². The zero-order valence-corrected chi connectivity index (χ0v) is 25.7. The number of primary sulfonamides is 1. The normalized spacial score (nSPS) is 15.9. The Morgan fingerprint density at radius 2 is 1.93 bits per heavy atom. The lowest BCUT2D eigenvalue weighted by atomic mass is 9.97. The van der Waals surface area contributed by atoms with E-state index in [0.717, 1.165) is 31.5 Å². The zero-order valence-electron chi connectivity index (χ0n) is 24.1. The van der Waals surface area contributed by atoms with Gasteiger partial charge in [-0.1, -0.05) is 12.1 Å². The molecule has 14 heteroatoms.